The molecule has 0 spiro atoms. The van der Waals surface area contributed by atoms with Gasteiger partial charge in [-0.15, -0.1) is 11.8 Å². The number of carbonyl (C=O) groups excluding carboxylic acids is 1. The molecule has 1 aliphatic heterocycles. The van der Waals surface area contributed by atoms with Crippen molar-refractivity contribution in [2.75, 3.05) is 41.7 Å². The SMILES string of the molecule is CCOc1ccccc1N(CC(=O)NC(C)c1ccc(N2CCCCC2)cc1)S(=O)(=O)c1ccc(SC)cc1. The van der Waals surface area contributed by atoms with Crippen LogP contribution in [0.5, 0.6) is 5.75 Å². The second-order valence-electron chi connectivity index (χ2n) is 9.52. The predicted molar refractivity (Wildman–Crippen MR) is 159 cm³/mol. The maximum Gasteiger partial charge on any atom is 0.264 e. The standard InChI is InChI=1S/C30H37N3O4S2/c1-4-37-29-11-7-6-10-28(29)33(39(35,36)27-18-16-26(38-3)17-19-27)22-30(34)31-23(2)24-12-14-25(15-13-24)32-20-8-5-9-21-32/h6-7,10-19,23H,4-5,8-9,20-22H2,1-3H3,(H,31,34). The van der Waals surface area contributed by atoms with Gasteiger partial charge in [0.25, 0.3) is 10.0 Å². The van der Waals surface area contributed by atoms with Crippen LogP contribution in [0.25, 0.3) is 0 Å². The Hall–Kier alpha value is -3.17. The predicted octanol–water partition coefficient (Wildman–Crippen LogP) is 5.87. The molecule has 1 heterocycles. The summed E-state index contributed by atoms with van der Waals surface area (Å²) < 4.78 is 34.6. The van der Waals surface area contributed by atoms with Gasteiger partial charge in [-0.3, -0.25) is 9.10 Å². The van der Waals surface area contributed by atoms with Crippen molar-refractivity contribution in [3.8, 4) is 5.75 Å². The fourth-order valence-corrected chi connectivity index (χ4v) is 6.58. The van der Waals surface area contributed by atoms with Crippen LogP contribution in [0.3, 0.4) is 0 Å². The number of hydrogen-bond donors (Lipinski definition) is 1. The number of carbonyl (C=O) groups is 1. The molecule has 0 aliphatic carbocycles. The Morgan fingerprint density at radius 1 is 1.00 bits per heavy atom. The molecule has 0 saturated carbocycles. The Bertz CT molecular complexity index is 1340. The van der Waals surface area contributed by atoms with E-state index in [1.165, 1.54) is 36.7 Å². The van der Waals surface area contributed by atoms with Crippen LogP contribution in [-0.4, -0.2) is 46.8 Å². The minimum Gasteiger partial charge on any atom is -0.492 e. The second kappa shape index (κ2) is 13.3. The molecule has 1 aliphatic rings. The van der Waals surface area contributed by atoms with Crippen molar-refractivity contribution in [3.05, 3.63) is 78.4 Å². The summed E-state index contributed by atoms with van der Waals surface area (Å²) in [4.78, 5) is 16.8. The average Bonchev–Trinajstić information content (AvgIpc) is 2.97. The highest BCUT2D eigenvalue weighted by Gasteiger charge is 2.30. The van der Waals surface area contributed by atoms with E-state index >= 15 is 0 Å². The zero-order valence-electron chi connectivity index (χ0n) is 22.8. The van der Waals surface area contributed by atoms with Gasteiger partial charge in [0.15, 0.2) is 0 Å². The summed E-state index contributed by atoms with van der Waals surface area (Å²) >= 11 is 1.53. The van der Waals surface area contributed by atoms with Gasteiger partial charge in [-0.05, 0) is 93.5 Å². The highest BCUT2D eigenvalue weighted by molar-refractivity contribution is 7.98. The zero-order chi connectivity index (χ0) is 27.8. The van der Waals surface area contributed by atoms with Crippen molar-refractivity contribution in [1.29, 1.82) is 0 Å². The fourth-order valence-electron chi connectivity index (χ4n) is 4.74. The van der Waals surface area contributed by atoms with Gasteiger partial charge in [0, 0.05) is 23.7 Å². The Morgan fingerprint density at radius 2 is 1.67 bits per heavy atom. The van der Waals surface area contributed by atoms with E-state index in [0.29, 0.717) is 18.0 Å². The van der Waals surface area contributed by atoms with Crippen molar-refractivity contribution < 1.29 is 17.9 Å². The smallest absolute Gasteiger partial charge is 0.264 e. The van der Waals surface area contributed by atoms with Crippen LogP contribution in [0.4, 0.5) is 11.4 Å². The molecule has 39 heavy (non-hydrogen) atoms. The van der Waals surface area contributed by atoms with Crippen LogP contribution in [0.15, 0.2) is 82.6 Å². The van der Waals surface area contributed by atoms with Crippen LogP contribution in [-0.2, 0) is 14.8 Å². The van der Waals surface area contributed by atoms with E-state index in [0.717, 1.165) is 27.9 Å². The number of ether oxygens (including phenoxy) is 1. The molecule has 208 valence electrons. The van der Waals surface area contributed by atoms with Crippen molar-refractivity contribution in [3.63, 3.8) is 0 Å². The Balaban J connectivity index is 1.55. The lowest BCUT2D eigenvalue weighted by atomic mass is 10.1. The minimum atomic E-state index is -4.06. The summed E-state index contributed by atoms with van der Waals surface area (Å²) in [5.74, 6) is -0.00308. The molecule has 1 amide bonds. The van der Waals surface area contributed by atoms with E-state index in [4.69, 9.17) is 4.74 Å². The van der Waals surface area contributed by atoms with E-state index in [1.54, 1.807) is 48.5 Å². The zero-order valence-corrected chi connectivity index (χ0v) is 24.4. The average molecular weight is 568 g/mol. The molecular weight excluding hydrogens is 530 g/mol. The van der Waals surface area contributed by atoms with E-state index in [-0.39, 0.29) is 17.5 Å². The van der Waals surface area contributed by atoms with Crippen LogP contribution < -0.4 is 19.3 Å². The topological polar surface area (TPSA) is 79.0 Å². The summed E-state index contributed by atoms with van der Waals surface area (Å²) in [5, 5.41) is 2.99. The molecule has 1 unspecified atom stereocenters. The maximum absolute atomic E-state index is 13.8. The lowest BCUT2D eigenvalue weighted by Crippen LogP contribution is -2.41. The van der Waals surface area contributed by atoms with E-state index < -0.39 is 15.9 Å². The highest BCUT2D eigenvalue weighted by atomic mass is 32.2. The lowest BCUT2D eigenvalue weighted by molar-refractivity contribution is -0.120. The Labute approximate surface area is 236 Å². The molecule has 0 radical (unpaired) electrons. The van der Waals surface area contributed by atoms with Crippen molar-refractivity contribution >= 4 is 39.1 Å². The van der Waals surface area contributed by atoms with E-state index in [1.807, 2.05) is 32.2 Å². The second-order valence-corrected chi connectivity index (χ2v) is 12.3. The largest absolute Gasteiger partial charge is 0.492 e. The van der Waals surface area contributed by atoms with Crippen molar-refractivity contribution in [2.45, 2.75) is 48.9 Å². The fraction of sp³-hybridized carbons (Fsp3) is 0.367. The lowest BCUT2D eigenvalue weighted by Gasteiger charge is -2.29. The van der Waals surface area contributed by atoms with Crippen LogP contribution in [0.1, 0.15) is 44.7 Å². The number of nitrogens with one attached hydrogen (secondary N) is 1. The van der Waals surface area contributed by atoms with Gasteiger partial charge < -0.3 is 15.0 Å². The maximum atomic E-state index is 13.8. The number of anilines is 2. The third-order valence-electron chi connectivity index (χ3n) is 6.86. The number of nitrogens with zero attached hydrogens (tertiary/aromatic N) is 2. The van der Waals surface area contributed by atoms with E-state index in [9.17, 15) is 13.2 Å². The number of para-hydroxylation sites is 2. The third-order valence-corrected chi connectivity index (χ3v) is 9.38. The first-order chi connectivity index (χ1) is 18.8. The van der Waals surface area contributed by atoms with Gasteiger partial charge in [0.2, 0.25) is 5.91 Å². The highest BCUT2D eigenvalue weighted by Crippen LogP contribution is 2.33. The quantitative estimate of drug-likeness (QED) is 0.292. The van der Waals surface area contributed by atoms with Crippen molar-refractivity contribution in [1.82, 2.24) is 5.32 Å². The third kappa shape index (κ3) is 7.08. The summed E-state index contributed by atoms with van der Waals surface area (Å²) in [7, 11) is -4.06. The number of thioether (sulfide) groups is 1. The molecule has 0 bridgehead atoms. The van der Waals surface area contributed by atoms with Crippen molar-refractivity contribution in [2.24, 2.45) is 0 Å². The molecule has 1 N–H and O–H groups in total. The van der Waals surface area contributed by atoms with Gasteiger partial charge in [-0.1, -0.05) is 24.3 Å². The molecule has 3 aromatic carbocycles. The number of rotatable bonds is 11. The van der Waals surface area contributed by atoms with Gasteiger partial charge in [-0.25, -0.2) is 8.42 Å². The van der Waals surface area contributed by atoms with Crippen LogP contribution in [0.2, 0.25) is 0 Å². The summed E-state index contributed by atoms with van der Waals surface area (Å²) in [5.41, 5.74) is 2.47. The molecule has 0 aromatic heterocycles. The molecular formula is C30H37N3O4S2. The molecule has 9 heteroatoms. The number of amides is 1. The number of benzene rings is 3. The molecule has 1 fully saturated rings. The van der Waals surface area contributed by atoms with Crippen LogP contribution in [0, 0.1) is 0 Å². The molecule has 3 aromatic rings. The first-order valence-electron chi connectivity index (χ1n) is 13.4. The monoisotopic (exact) mass is 567 g/mol. The van der Waals surface area contributed by atoms with Gasteiger partial charge in [0.1, 0.15) is 12.3 Å². The normalized spacial score (nSPS) is 14.5. The summed E-state index contributed by atoms with van der Waals surface area (Å²) in [6, 6.07) is 21.5. The molecule has 1 saturated heterocycles. The van der Waals surface area contributed by atoms with Gasteiger partial charge >= 0.3 is 0 Å². The number of sulfonamides is 1. The first kappa shape index (κ1) is 28.8. The Kier molecular flexibility index (Phi) is 9.80. The molecule has 4 rings (SSSR count). The first-order valence-corrected chi connectivity index (χ1v) is 16.0. The minimum absolute atomic E-state index is 0.112. The molecule has 1 atom stereocenters. The summed E-state index contributed by atoms with van der Waals surface area (Å²) in [6.45, 7) is 5.86. The molecule has 7 nitrogen and oxygen atoms in total. The Morgan fingerprint density at radius 3 is 2.31 bits per heavy atom. The van der Waals surface area contributed by atoms with Gasteiger partial charge in [0.05, 0.1) is 23.2 Å². The van der Waals surface area contributed by atoms with Crippen LogP contribution >= 0.6 is 11.8 Å². The van der Waals surface area contributed by atoms with Gasteiger partial charge in [-0.2, -0.15) is 0 Å². The van der Waals surface area contributed by atoms with E-state index in [2.05, 4.69) is 22.3 Å². The number of hydrogen-bond acceptors (Lipinski definition) is 6. The number of piperidine rings is 1. The summed E-state index contributed by atoms with van der Waals surface area (Å²) in [6.07, 6.45) is 5.63.